The molecule has 0 saturated carbocycles. The van der Waals surface area contributed by atoms with Gasteiger partial charge in [-0.05, 0) is 13.0 Å². The van der Waals surface area contributed by atoms with Crippen molar-refractivity contribution < 1.29 is 8.98 Å². The van der Waals surface area contributed by atoms with E-state index in [1.807, 2.05) is 80.6 Å². The molecule has 3 nitrogen and oxygen atoms in total. The first kappa shape index (κ1) is 16.5. The molecule has 0 amide bonds. The van der Waals surface area contributed by atoms with Crippen LogP contribution in [-0.4, -0.2) is 11.1 Å². The zero-order valence-corrected chi connectivity index (χ0v) is 14.7. The summed E-state index contributed by atoms with van der Waals surface area (Å²) in [6.45, 7) is 3.80. The average Bonchev–Trinajstić information content (AvgIpc) is 3.01. The van der Waals surface area contributed by atoms with Crippen molar-refractivity contribution >= 4 is 23.8 Å². The fourth-order valence-electron chi connectivity index (χ4n) is 2.77. The molecule has 0 aliphatic carbocycles. The minimum absolute atomic E-state index is 0.479. The van der Waals surface area contributed by atoms with Crippen LogP contribution in [0.5, 0.6) is 0 Å². The third kappa shape index (κ3) is 3.58. The third-order valence-electron chi connectivity index (χ3n) is 3.85. The van der Waals surface area contributed by atoms with Crippen LogP contribution in [0, 0.1) is 6.92 Å². The highest BCUT2D eigenvalue weighted by Gasteiger charge is 2.27. The summed E-state index contributed by atoms with van der Waals surface area (Å²) >= 11 is 0. The predicted octanol–water partition coefficient (Wildman–Crippen LogP) is 4.40. The summed E-state index contributed by atoms with van der Waals surface area (Å²) in [6, 6.07) is 19.4. The maximum Gasteiger partial charge on any atom is 0.191 e. The van der Waals surface area contributed by atoms with Crippen molar-refractivity contribution in [2.75, 3.05) is 6.16 Å². The number of rotatable bonds is 5. The largest absolute Gasteiger partial charge is 0.449 e. The Balaban J connectivity index is 2.00. The average molecular weight is 337 g/mol. The fraction of sp³-hybridized carbons (Fsp3) is 0.150. The minimum atomic E-state index is -2.74. The number of oxazole rings is 1. The van der Waals surface area contributed by atoms with Gasteiger partial charge in [-0.1, -0.05) is 66.2 Å². The Labute approximate surface area is 142 Å². The van der Waals surface area contributed by atoms with Crippen LogP contribution < -0.4 is 10.6 Å². The van der Waals surface area contributed by atoms with E-state index in [0.29, 0.717) is 12.1 Å². The van der Waals surface area contributed by atoms with Crippen molar-refractivity contribution in [1.29, 1.82) is 0 Å². The van der Waals surface area contributed by atoms with Crippen molar-refractivity contribution in [3.8, 4) is 0 Å². The molecule has 3 rings (SSSR count). The van der Waals surface area contributed by atoms with Gasteiger partial charge in [0.05, 0.1) is 0 Å². The second-order valence-electron chi connectivity index (χ2n) is 5.85. The van der Waals surface area contributed by atoms with Crippen molar-refractivity contribution in [3.63, 3.8) is 0 Å². The van der Waals surface area contributed by atoms with Crippen LogP contribution in [0.4, 0.5) is 0 Å². The molecule has 0 fully saturated rings. The normalized spacial score (nSPS) is 12.3. The summed E-state index contributed by atoms with van der Waals surface area (Å²) in [5.41, 5.74) is 1.78. The van der Waals surface area contributed by atoms with Gasteiger partial charge in [0.1, 0.15) is 19.1 Å². The standard InChI is InChI=1S/C20H20NO2P/c1-16(13-18-14-23-17(2)21-18)15-24(22,19-9-5-3-6-10-19)20-11-7-4-8-12-20/h3-14H,15H2,1-2H3/b16-13+. The number of aryl methyl sites for hydroxylation is 1. The number of allylic oxidation sites excluding steroid dienone is 1. The highest BCUT2D eigenvalue weighted by atomic mass is 31.2. The van der Waals surface area contributed by atoms with E-state index in [0.717, 1.165) is 21.9 Å². The fourth-order valence-corrected chi connectivity index (χ4v) is 5.53. The second-order valence-corrected chi connectivity index (χ2v) is 8.68. The summed E-state index contributed by atoms with van der Waals surface area (Å²) in [4.78, 5) is 4.29. The Hall–Kier alpha value is -2.38. The van der Waals surface area contributed by atoms with Gasteiger partial charge in [0.25, 0.3) is 0 Å². The zero-order chi connectivity index (χ0) is 17.0. The van der Waals surface area contributed by atoms with Crippen molar-refractivity contribution in [3.05, 3.63) is 84.1 Å². The van der Waals surface area contributed by atoms with Gasteiger partial charge in [0.2, 0.25) is 0 Å². The number of nitrogens with zero attached hydrogens (tertiary/aromatic N) is 1. The lowest BCUT2D eigenvalue weighted by Gasteiger charge is -2.19. The lowest BCUT2D eigenvalue weighted by Crippen LogP contribution is -2.18. The van der Waals surface area contributed by atoms with Crippen LogP contribution in [-0.2, 0) is 4.57 Å². The molecule has 0 spiro atoms. The quantitative estimate of drug-likeness (QED) is 0.648. The Morgan fingerprint density at radius 1 is 1.04 bits per heavy atom. The van der Waals surface area contributed by atoms with Gasteiger partial charge in [-0.2, -0.15) is 0 Å². The van der Waals surface area contributed by atoms with Crippen LogP contribution in [0.2, 0.25) is 0 Å². The maximum atomic E-state index is 13.9. The van der Waals surface area contributed by atoms with Crippen LogP contribution in [0.3, 0.4) is 0 Å². The van der Waals surface area contributed by atoms with Crippen LogP contribution in [0.1, 0.15) is 18.5 Å². The molecule has 0 aliphatic heterocycles. The highest BCUT2D eigenvalue weighted by molar-refractivity contribution is 7.78. The van der Waals surface area contributed by atoms with E-state index >= 15 is 0 Å². The molecule has 24 heavy (non-hydrogen) atoms. The Bertz CT molecular complexity index is 839. The number of benzene rings is 2. The molecule has 0 N–H and O–H groups in total. The Kier molecular flexibility index (Phi) is 4.82. The molecule has 0 radical (unpaired) electrons. The molecule has 0 saturated heterocycles. The molecule has 1 aromatic heterocycles. The smallest absolute Gasteiger partial charge is 0.191 e. The lowest BCUT2D eigenvalue weighted by molar-refractivity contribution is 0.521. The van der Waals surface area contributed by atoms with Gasteiger partial charge >= 0.3 is 0 Å². The van der Waals surface area contributed by atoms with Crippen LogP contribution in [0.15, 0.2) is 76.9 Å². The molecule has 0 bridgehead atoms. The Morgan fingerprint density at radius 3 is 2.04 bits per heavy atom. The van der Waals surface area contributed by atoms with Crippen molar-refractivity contribution in [2.24, 2.45) is 0 Å². The molecule has 1 heterocycles. The Morgan fingerprint density at radius 2 is 1.58 bits per heavy atom. The van der Waals surface area contributed by atoms with Gasteiger partial charge in [0, 0.05) is 23.7 Å². The summed E-state index contributed by atoms with van der Waals surface area (Å²) < 4.78 is 19.2. The van der Waals surface area contributed by atoms with E-state index in [1.165, 1.54) is 0 Å². The molecule has 2 aromatic carbocycles. The van der Waals surface area contributed by atoms with Gasteiger partial charge in [-0.25, -0.2) is 4.98 Å². The lowest BCUT2D eigenvalue weighted by atomic mass is 10.3. The van der Waals surface area contributed by atoms with Gasteiger partial charge < -0.3 is 8.98 Å². The molecule has 122 valence electrons. The summed E-state index contributed by atoms with van der Waals surface area (Å²) in [5, 5.41) is 1.75. The van der Waals surface area contributed by atoms with Crippen LogP contribution in [0.25, 0.3) is 6.08 Å². The zero-order valence-electron chi connectivity index (χ0n) is 13.8. The summed E-state index contributed by atoms with van der Waals surface area (Å²) in [7, 11) is -2.74. The topological polar surface area (TPSA) is 43.1 Å². The summed E-state index contributed by atoms with van der Waals surface area (Å²) in [6.07, 6.45) is 4.04. The van der Waals surface area contributed by atoms with E-state index in [1.54, 1.807) is 6.26 Å². The number of hydrogen-bond acceptors (Lipinski definition) is 3. The molecular formula is C20H20NO2P. The summed E-state index contributed by atoms with van der Waals surface area (Å²) in [5.74, 6) is 0.628. The molecule has 0 aliphatic rings. The van der Waals surface area contributed by atoms with Gasteiger partial charge in [-0.15, -0.1) is 0 Å². The van der Waals surface area contributed by atoms with Crippen molar-refractivity contribution in [1.82, 2.24) is 4.98 Å². The monoisotopic (exact) mass is 337 g/mol. The minimum Gasteiger partial charge on any atom is -0.449 e. The van der Waals surface area contributed by atoms with E-state index in [9.17, 15) is 4.57 Å². The second kappa shape index (κ2) is 7.02. The van der Waals surface area contributed by atoms with Crippen LogP contribution >= 0.6 is 7.14 Å². The molecule has 4 heteroatoms. The van der Waals surface area contributed by atoms with E-state index in [4.69, 9.17) is 4.42 Å². The first-order chi connectivity index (χ1) is 11.6. The molecule has 0 unspecified atom stereocenters. The highest BCUT2D eigenvalue weighted by Crippen LogP contribution is 2.45. The molecule has 0 atom stereocenters. The molecular weight excluding hydrogens is 317 g/mol. The first-order valence-electron chi connectivity index (χ1n) is 7.87. The number of hydrogen-bond donors (Lipinski definition) is 0. The third-order valence-corrected chi connectivity index (χ3v) is 7.06. The first-order valence-corrected chi connectivity index (χ1v) is 9.77. The van der Waals surface area contributed by atoms with Crippen molar-refractivity contribution in [2.45, 2.75) is 13.8 Å². The van der Waals surface area contributed by atoms with E-state index in [-0.39, 0.29) is 0 Å². The van der Waals surface area contributed by atoms with E-state index < -0.39 is 7.14 Å². The predicted molar refractivity (Wildman–Crippen MR) is 99.5 cm³/mol. The van der Waals surface area contributed by atoms with Gasteiger partial charge in [-0.3, -0.25) is 0 Å². The number of aromatic nitrogens is 1. The maximum absolute atomic E-state index is 13.9. The SMILES string of the molecule is C/C(=C\c1coc(C)n1)CP(=O)(c1ccccc1)c1ccccc1. The molecule has 3 aromatic rings. The van der Waals surface area contributed by atoms with Gasteiger partial charge in [0.15, 0.2) is 5.89 Å². The van der Waals surface area contributed by atoms with E-state index in [2.05, 4.69) is 4.98 Å².